The van der Waals surface area contributed by atoms with Crippen LogP contribution < -0.4 is 11.1 Å². The first-order chi connectivity index (χ1) is 6.18. The predicted molar refractivity (Wildman–Crippen MR) is 54.7 cm³/mol. The van der Waals surface area contributed by atoms with Gasteiger partial charge in [0.1, 0.15) is 0 Å². The quantitative estimate of drug-likeness (QED) is 0.477. The number of anilines is 1. The van der Waals surface area contributed by atoms with Crippen molar-refractivity contribution in [3.05, 3.63) is 0 Å². The highest BCUT2D eigenvalue weighted by atomic mass is 32.2. The highest BCUT2D eigenvalue weighted by Crippen LogP contribution is 2.11. The summed E-state index contributed by atoms with van der Waals surface area (Å²) in [6.07, 6.45) is 0. The van der Waals surface area contributed by atoms with Gasteiger partial charge in [-0.25, -0.2) is 5.10 Å². The second-order valence-corrected chi connectivity index (χ2v) is 4.02. The molecule has 4 N–H and O–H groups in total. The summed E-state index contributed by atoms with van der Waals surface area (Å²) in [6, 6.07) is 0.526. The van der Waals surface area contributed by atoms with Gasteiger partial charge in [0.15, 0.2) is 0 Å². The molecule has 6 heteroatoms. The van der Waals surface area contributed by atoms with Crippen molar-refractivity contribution in [2.45, 2.75) is 25.0 Å². The molecule has 1 aromatic rings. The van der Waals surface area contributed by atoms with E-state index in [9.17, 15) is 0 Å². The molecule has 0 aliphatic rings. The first-order valence-electron chi connectivity index (χ1n) is 4.22. The molecule has 1 aromatic heterocycles. The molecule has 0 radical (unpaired) electrons. The van der Waals surface area contributed by atoms with Crippen molar-refractivity contribution >= 4 is 17.7 Å². The molecule has 0 spiro atoms. The first kappa shape index (κ1) is 10.3. The van der Waals surface area contributed by atoms with Gasteiger partial charge >= 0.3 is 0 Å². The van der Waals surface area contributed by atoms with E-state index in [0.717, 1.165) is 12.3 Å². The average Bonchev–Trinajstić information content (AvgIpc) is 2.45. The van der Waals surface area contributed by atoms with Crippen LogP contribution in [0.1, 0.15) is 13.8 Å². The van der Waals surface area contributed by atoms with Crippen LogP contribution in [0.2, 0.25) is 0 Å². The van der Waals surface area contributed by atoms with E-state index in [2.05, 4.69) is 34.3 Å². The lowest BCUT2D eigenvalue weighted by atomic mass is 10.4. The van der Waals surface area contributed by atoms with Gasteiger partial charge in [0.05, 0.1) is 0 Å². The Morgan fingerprint density at radius 1 is 1.62 bits per heavy atom. The van der Waals surface area contributed by atoms with Crippen molar-refractivity contribution in [2.75, 3.05) is 18.0 Å². The Bertz CT molecular complexity index is 247. The molecule has 0 aliphatic carbocycles. The van der Waals surface area contributed by atoms with E-state index in [1.165, 1.54) is 0 Å². The average molecular weight is 201 g/mol. The smallest absolute Gasteiger partial charge is 0.216 e. The molecule has 13 heavy (non-hydrogen) atoms. The molecule has 0 fully saturated rings. The van der Waals surface area contributed by atoms with Crippen molar-refractivity contribution in [1.82, 2.24) is 20.5 Å². The summed E-state index contributed by atoms with van der Waals surface area (Å²) in [4.78, 5) is 3.97. The van der Waals surface area contributed by atoms with Gasteiger partial charge in [-0.1, -0.05) is 25.6 Å². The van der Waals surface area contributed by atoms with E-state index in [1.807, 2.05) is 0 Å². The largest absolute Gasteiger partial charge is 0.368 e. The summed E-state index contributed by atoms with van der Waals surface area (Å²) >= 11 is 1.59. The summed E-state index contributed by atoms with van der Waals surface area (Å²) in [5, 5.41) is 10.5. The molecule has 0 aliphatic heterocycles. The van der Waals surface area contributed by atoms with E-state index in [0.29, 0.717) is 17.1 Å². The summed E-state index contributed by atoms with van der Waals surface area (Å²) < 4.78 is 0. The SMILES string of the molecule is CC(C)NCCSc1n[nH]c(N)n1. The third-order valence-electron chi connectivity index (χ3n) is 1.37. The molecule has 0 saturated carbocycles. The maximum absolute atomic E-state index is 5.37. The lowest BCUT2D eigenvalue weighted by molar-refractivity contribution is 0.616. The Kier molecular flexibility index (Phi) is 4.04. The molecule has 1 heterocycles. The monoisotopic (exact) mass is 201 g/mol. The minimum atomic E-state index is 0.374. The third kappa shape index (κ3) is 4.14. The molecule has 0 atom stereocenters. The van der Waals surface area contributed by atoms with Gasteiger partial charge < -0.3 is 11.1 Å². The number of nitrogens with two attached hydrogens (primary N) is 1. The van der Waals surface area contributed by atoms with Gasteiger partial charge in [-0.3, -0.25) is 0 Å². The van der Waals surface area contributed by atoms with Gasteiger partial charge in [0, 0.05) is 18.3 Å². The van der Waals surface area contributed by atoms with Gasteiger partial charge in [0.25, 0.3) is 0 Å². The lowest BCUT2D eigenvalue weighted by Gasteiger charge is -2.05. The highest BCUT2D eigenvalue weighted by Gasteiger charge is 2.00. The van der Waals surface area contributed by atoms with Gasteiger partial charge in [0.2, 0.25) is 11.1 Å². The Hall–Kier alpha value is -0.750. The maximum Gasteiger partial charge on any atom is 0.216 e. The second-order valence-electron chi connectivity index (χ2n) is 2.96. The van der Waals surface area contributed by atoms with Crippen LogP contribution in [0.4, 0.5) is 5.95 Å². The number of nitrogen functional groups attached to an aromatic ring is 1. The zero-order valence-electron chi connectivity index (χ0n) is 7.87. The van der Waals surface area contributed by atoms with Crippen LogP contribution in [-0.2, 0) is 0 Å². The van der Waals surface area contributed by atoms with Crippen molar-refractivity contribution in [1.29, 1.82) is 0 Å². The minimum Gasteiger partial charge on any atom is -0.368 e. The highest BCUT2D eigenvalue weighted by molar-refractivity contribution is 7.99. The number of hydrogen-bond donors (Lipinski definition) is 3. The number of aromatic nitrogens is 3. The van der Waals surface area contributed by atoms with Crippen molar-refractivity contribution < 1.29 is 0 Å². The number of thioether (sulfide) groups is 1. The fourth-order valence-corrected chi connectivity index (χ4v) is 1.49. The van der Waals surface area contributed by atoms with Gasteiger partial charge in [-0.2, -0.15) is 4.98 Å². The number of aromatic amines is 1. The number of rotatable bonds is 5. The maximum atomic E-state index is 5.37. The van der Waals surface area contributed by atoms with Crippen LogP contribution in [0, 0.1) is 0 Å². The fraction of sp³-hybridized carbons (Fsp3) is 0.714. The molecule has 0 aromatic carbocycles. The molecule has 0 saturated heterocycles. The Balaban J connectivity index is 2.13. The van der Waals surface area contributed by atoms with Crippen molar-refractivity contribution in [3.8, 4) is 0 Å². The zero-order valence-corrected chi connectivity index (χ0v) is 8.69. The lowest BCUT2D eigenvalue weighted by Crippen LogP contribution is -2.24. The predicted octanol–water partition coefficient (Wildman–Crippen LogP) is 0.477. The van der Waals surface area contributed by atoms with Crippen molar-refractivity contribution in [2.24, 2.45) is 0 Å². The van der Waals surface area contributed by atoms with E-state index < -0.39 is 0 Å². The van der Waals surface area contributed by atoms with Crippen LogP contribution in [0.5, 0.6) is 0 Å². The molecule has 0 amide bonds. The van der Waals surface area contributed by atoms with Crippen LogP contribution in [-0.4, -0.2) is 33.5 Å². The minimum absolute atomic E-state index is 0.374. The summed E-state index contributed by atoms with van der Waals surface area (Å²) in [6.45, 7) is 5.20. The summed E-state index contributed by atoms with van der Waals surface area (Å²) in [5.41, 5.74) is 5.37. The van der Waals surface area contributed by atoms with E-state index in [-0.39, 0.29) is 0 Å². The molecule has 1 rings (SSSR count). The molecular formula is C7H15N5S. The zero-order chi connectivity index (χ0) is 9.68. The topological polar surface area (TPSA) is 79.6 Å². The molecule has 0 bridgehead atoms. The van der Waals surface area contributed by atoms with E-state index >= 15 is 0 Å². The standard InChI is InChI=1S/C7H15N5S/c1-5(2)9-3-4-13-7-10-6(8)11-12-7/h5,9H,3-4H2,1-2H3,(H3,8,10,11,12). The summed E-state index contributed by atoms with van der Waals surface area (Å²) in [5.74, 6) is 1.33. The number of hydrogen-bond acceptors (Lipinski definition) is 5. The van der Waals surface area contributed by atoms with Gasteiger partial charge in [-0.05, 0) is 0 Å². The van der Waals surface area contributed by atoms with Crippen molar-refractivity contribution in [3.63, 3.8) is 0 Å². The second kappa shape index (κ2) is 5.08. The Morgan fingerprint density at radius 3 is 2.92 bits per heavy atom. The van der Waals surface area contributed by atoms with Crippen LogP contribution in [0.3, 0.4) is 0 Å². The number of H-pyrrole nitrogens is 1. The normalized spacial score (nSPS) is 11.0. The number of nitrogens with one attached hydrogen (secondary N) is 2. The van der Waals surface area contributed by atoms with E-state index in [1.54, 1.807) is 11.8 Å². The van der Waals surface area contributed by atoms with Crippen LogP contribution in [0.15, 0.2) is 5.16 Å². The summed E-state index contributed by atoms with van der Waals surface area (Å²) in [7, 11) is 0. The first-order valence-corrected chi connectivity index (χ1v) is 5.21. The molecule has 5 nitrogen and oxygen atoms in total. The third-order valence-corrected chi connectivity index (χ3v) is 2.22. The molecule has 74 valence electrons. The van der Waals surface area contributed by atoms with E-state index in [4.69, 9.17) is 5.73 Å². The Morgan fingerprint density at radius 2 is 2.38 bits per heavy atom. The van der Waals surface area contributed by atoms with Crippen LogP contribution >= 0.6 is 11.8 Å². The van der Waals surface area contributed by atoms with Crippen LogP contribution in [0.25, 0.3) is 0 Å². The fourth-order valence-electron chi connectivity index (χ4n) is 0.813. The number of nitrogens with zero attached hydrogens (tertiary/aromatic N) is 2. The molecular weight excluding hydrogens is 186 g/mol. The Labute approximate surface area is 81.9 Å². The molecule has 0 unspecified atom stereocenters. The van der Waals surface area contributed by atoms with Gasteiger partial charge in [-0.15, -0.1) is 5.10 Å².